The summed E-state index contributed by atoms with van der Waals surface area (Å²) in [5.74, 6) is 0.496. The van der Waals surface area contributed by atoms with Gasteiger partial charge in [-0.15, -0.1) is 0 Å². The molecule has 2 N–H and O–H groups in total. The molecule has 1 fully saturated rings. The average molecular weight is 532 g/mol. The van der Waals surface area contributed by atoms with Crippen molar-refractivity contribution in [3.8, 4) is 11.4 Å². The topological polar surface area (TPSA) is 44.5 Å². The first-order valence-corrected chi connectivity index (χ1v) is 14.3. The minimum atomic E-state index is -0.265. The largest absolute Gasteiger partial charge is 0.357 e. The second kappa shape index (κ2) is 12.3. The molecule has 2 aromatic heterocycles. The van der Waals surface area contributed by atoms with Gasteiger partial charge in [0.25, 0.3) is 0 Å². The van der Waals surface area contributed by atoms with Gasteiger partial charge in [-0.3, -0.25) is 5.10 Å². The molecular formula is C36H38FN3. The lowest BCUT2D eigenvalue weighted by Crippen LogP contribution is -2.06. The smallest absolute Gasteiger partial charge is 0.123 e. The summed E-state index contributed by atoms with van der Waals surface area (Å²) >= 11 is 0. The molecule has 0 amide bonds. The highest BCUT2D eigenvalue weighted by molar-refractivity contribution is 5.96. The number of rotatable bonds is 9. The van der Waals surface area contributed by atoms with Crippen LogP contribution in [0, 0.1) is 18.7 Å². The number of aromatic nitrogens is 3. The molecule has 2 heterocycles. The van der Waals surface area contributed by atoms with Crippen LogP contribution in [0.2, 0.25) is 0 Å². The molecule has 0 saturated heterocycles. The standard InChI is InChI=1S/C36H38FN3/c1-5-12-31(29-15-11-16-30(37)21-29)32-23-35(38-24(32)4)36-33-22-28(17-18-34(33)39-40-36)27(7-3)20-25(6-2)19-26-13-9-8-10-14-26/h5-7,11-12,15-18,20-23,26,38H,1-2,8-10,13-14,19H2,3-4H3,(H,39,40)/b25-20+,27-7+,31-12-. The molecule has 4 heteroatoms. The van der Waals surface area contributed by atoms with Gasteiger partial charge in [-0.1, -0.05) is 93.8 Å². The van der Waals surface area contributed by atoms with Crippen molar-refractivity contribution in [3.63, 3.8) is 0 Å². The number of hydrogen-bond acceptors (Lipinski definition) is 1. The molecule has 0 atom stereocenters. The molecular weight excluding hydrogens is 493 g/mol. The van der Waals surface area contributed by atoms with Gasteiger partial charge in [0.1, 0.15) is 11.5 Å². The van der Waals surface area contributed by atoms with Crippen LogP contribution >= 0.6 is 0 Å². The molecule has 40 heavy (non-hydrogen) atoms. The highest BCUT2D eigenvalue weighted by Crippen LogP contribution is 2.35. The second-order valence-corrected chi connectivity index (χ2v) is 10.8. The Kier molecular flexibility index (Phi) is 8.45. The predicted molar refractivity (Wildman–Crippen MR) is 167 cm³/mol. The molecule has 204 valence electrons. The number of allylic oxidation sites excluding steroid dienone is 7. The fraction of sp³-hybridized carbons (Fsp3) is 0.250. The fourth-order valence-corrected chi connectivity index (χ4v) is 5.94. The molecule has 0 spiro atoms. The zero-order chi connectivity index (χ0) is 28.1. The Bertz CT molecular complexity index is 1620. The van der Waals surface area contributed by atoms with Gasteiger partial charge < -0.3 is 4.98 Å². The summed E-state index contributed by atoms with van der Waals surface area (Å²) in [6, 6.07) is 15.2. The van der Waals surface area contributed by atoms with Crippen LogP contribution in [0.5, 0.6) is 0 Å². The minimum Gasteiger partial charge on any atom is -0.357 e. The number of aryl methyl sites for hydroxylation is 1. The van der Waals surface area contributed by atoms with Crippen molar-refractivity contribution >= 4 is 22.0 Å². The zero-order valence-corrected chi connectivity index (χ0v) is 23.6. The molecule has 1 saturated carbocycles. The van der Waals surface area contributed by atoms with Crippen LogP contribution in [0.4, 0.5) is 4.39 Å². The molecule has 2 aromatic carbocycles. The maximum atomic E-state index is 14.0. The molecule has 1 aliphatic carbocycles. The number of nitrogens with zero attached hydrogens (tertiary/aromatic N) is 1. The van der Waals surface area contributed by atoms with Crippen molar-refractivity contribution in [3.05, 3.63) is 126 Å². The van der Waals surface area contributed by atoms with E-state index in [0.717, 1.165) is 62.6 Å². The number of hydrogen-bond donors (Lipinski definition) is 2. The van der Waals surface area contributed by atoms with Gasteiger partial charge >= 0.3 is 0 Å². The fourth-order valence-electron chi connectivity index (χ4n) is 5.94. The van der Waals surface area contributed by atoms with Crippen molar-refractivity contribution in [1.29, 1.82) is 0 Å². The Balaban J connectivity index is 1.50. The molecule has 0 radical (unpaired) electrons. The second-order valence-electron chi connectivity index (χ2n) is 10.8. The molecule has 0 aliphatic heterocycles. The maximum Gasteiger partial charge on any atom is 0.123 e. The van der Waals surface area contributed by atoms with Crippen molar-refractivity contribution in [1.82, 2.24) is 15.2 Å². The van der Waals surface area contributed by atoms with Gasteiger partial charge in [0.15, 0.2) is 0 Å². The Hall–Kier alpha value is -4.18. The van der Waals surface area contributed by atoms with E-state index >= 15 is 0 Å². The van der Waals surface area contributed by atoms with Gasteiger partial charge in [0.2, 0.25) is 0 Å². The maximum absolute atomic E-state index is 14.0. The van der Waals surface area contributed by atoms with E-state index in [1.807, 2.05) is 25.1 Å². The SMILES string of the molecule is C=C/C=C(/c1cccc(F)c1)c1cc(-c2n[nH]c3ccc(C(/C=C(\C=C)CC4CCCCC4)=C/C)cc23)[nH]c1C. The highest BCUT2D eigenvalue weighted by atomic mass is 19.1. The summed E-state index contributed by atoms with van der Waals surface area (Å²) in [5, 5.41) is 8.93. The van der Waals surface area contributed by atoms with Crippen molar-refractivity contribution in [2.45, 2.75) is 52.4 Å². The lowest BCUT2D eigenvalue weighted by molar-refractivity contribution is 0.358. The Morgan fingerprint density at radius 3 is 2.60 bits per heavy atom. The lowest BCUT2D eigenvalue weighted by atomic mass is 9.84. The van der Waals surface area contributed by atoms with Crippen LogP contribution < -0.4 is 0 Å². The summed E-state index contributed by atoms with van der Waals surface area (Å²) in [5.41, 5.74) is 10.1. The van der Waals surface area contributed by atoms with Gasteiger partial charge in [-0.2, -0.15) is 5.10 Å². The summed E-state index contributed by atoms with van der Waals surface area (Å²) in [4.78, 5) is 3.52. The molecule has 4 aromatic rings. The van der Waals surface area contributed by atoms with Gasteiger partial charge in [-0.05, 0) is 84.4 Å². The first-order valence-electron chi connectivity index (χ1n) is 14.3. The molecule has 0 bridgehead atoms. The van der Waals surface area contributed by atoms with Crippen LogP contribution in [0.15, 0.2) is 97.6 Å². The number of benzene rings is 2. The average Bonchev–Trinajstić information content (AvgIpc) is 3.57. The summed E-state index contributed by atoms with van der Waals surface area (Å²) in [7, 11) is 0. The van der Waals surface area contributed by atoms with E-state index in [-0.39, 0.29) is 5.82 Å². The van der Waals surface area contributed by atoms with Crippen LogP contribution in [-0.2, 0) is 0 Å². The number of H-pyrrole nitrogens is 2. The third-order valence-electron chi connectivity index (χ3n) is 8.04. The van der Waals surface area contributed by atoms with Crippen LogP contribution in [0.1, 0.15) is 67.8 Å². The zero-order valence-electron chi connectivity index (χ0n) is 23.6. The van der Waals surface area contributed by atoms with Crippen LogP contribution in [0.25, 0.3) is 33.4 Å². The van der Waals surface area contributed by atoms with E-state index in [0.29, 0.717) is 0 Å². The molecule has 5 rings (SSSR count). The predicted octanol–water partition coefficient (Wildman–Crippen LogP) is 10.1. The summed E-state index contributed by atoms with van der Waals surface area (Å²) in [6.45, 7) is 12.1. The van der Waals surface area contributed by atoms with E-state index in [1.165, 1.54) is 49.3 Å². The van der Waals surface area contributed by atoms with Gasteiger partial charge in [0, 0.05) is 16.6 Å². The van der Waals surface area contributed by atoms with E-state index < -0.39 is 0 Å². The molecule has 3 nitrogen and oxygen atoms in total. The van der Waals surface area contributed by atoms with E-state index in [2.05, 4.69) is 71.7 Å². The summed E-state index contributed by atoms with van der Waals surface area (Å²) in [6.07, 6.45) is 17.9. The number of aromatic amines is 2. The van der Waals surface area contributed by atoms with Crippen LogP contribution in [-0.4, -0.2) is 15.2 Å². The Morgan fingerprint density at radius 2 is 1.88 bits per heavy atom. The molecule has 1 aliphatic rings. The van der Waals surface area contributed by atoms with Crippen molar-refractivity contribution in [2.24, 2.45) is 5.92 Å². The van der Waals surface area contributed by atoms with E-state index in [4.69, 9.17) is 0 Å². The minimum absolute atomic E-state index is 0.265. The lowest BCUT2D eigenvalue weighted by Gasteiger charge is -2.22. The monoisotopic (exact) mass is 531 g/mol. The van der Waals surface area contributed by atoms with Gasteiger partial charge in [0.05, 0.1) is 11.2 Å². The number of nitrogens with one attached hydrogen (secondary N) is 2. The normalized spacial score (nSPS) is 15.5. The number of halogens is 1. The summed E-state index contributed by atoms with van der Waals surface area (Å²) < 4.78 is 14.0. The Labute approximate surface area is 236 Å². The first kappa shape index (κ1) is 27.4. The quantitative estimate of drug-likeness (QED) is 0.207. The van der Waals surface area contributed by atoms with E-state index in [1.54, 1.807) is 18.2 Å². The van der Waals surface area contributed by atoms with Crippen molar-refractivity contribution < 1.29 is 4.39 Å². The molecule has 0 unspecified atom stereocenters. The van der Waals surface area contributed by atoms with Crippen molar-refractivity contribution in [2.75, 3.05) is 0 Å². The van der Waals surface area contributed by atoms with Gasteiger partial charge in [-0.25, -0.2) is 4.39 Å². The van der Waals surface area contributed by atoms with E-state index in [9.17, 15) is 4.39 Å². The number of fused-ring (bicyclic) bond motifs is 1. The third kappa shape index (κ3) is 5.86. The van der Waals surface area contributed by atoms with Crippen LogP contribution in [0.3, 0.4) is 0 Å². The highest BCUT2D eigenvalue weighted by Gasteiger charge is 2.18. The first-order chi connectivity index (χ1) is 19.5. The Morgan fingerprint density at radius 1 is 1.05 bits per heavy atom. The third-order valence-corrected chi connectivity index (χ3v) is 8.04.